The highest BCUT2D eigenvalue weighted by atomic mass is 16.3. The summed E-state index contributed by atoms with van der Waals surface area (Å²) >= 11 is 0. The Balaban J connectivity index is 2.30. The standard InChI is InChI=1S/C13H13N3O/c1-8-13(11(6-14)16-15-8)10-7-17-12-5-3-2-4-9(10)12/h2-5,7H,6,14H2,1H3,(H,15,16). The van der Waals surface area contributed by atoms with E-state index in [2.05, 4.69) is 10.2 Å². The van der Waals surface area contributed by atoms with Crippen LogP contribution < -0.4 is 5.73 Å². The second kappa shape index (κ2) is 3.75. The summed E-state index contributed by atoms with van der Waals surface area (Å²) in [5.74, 6) is 0. The number of hydrogen-bond donors (Lipinski definition) is 2. The van der Waals surface area contributed by atoms with Crippen molar-refractivity contribution >= 4 is 11.0 Å². The van der Waals surface area contributed by atoms with Gasteiger partial charge in [-0.1, -0.05) is 18.2 Å². The lowest BCUT2D eigenvalue weighted by atomic mass is 10.0. The molecule has 3 rings (SSSR count). The zero-order valence-electron chi connectivity index (χ0n) is 9.53. The minimum absolute atomic E-state index is 0.416. The molecular formula is C13H13N3O. The lowest BCUT2D eigenvalue weighted by Gasteiger charge is -1.99. The summed E-state index contributed by atoms with van der Waals surface area (Å²) in [6, 6.07) is 7.96. The van der Waals surface area contributed by atoms with Crippen LogP contribution in [-0.4, -0.2) is 10.2 Å². The summed E-state index contributed by atoms with van der Waals surface area (Å²) in [4.78, 5) is 0. The summed E-state index contributed by atoms with van der Waals surface area (Å²) in [6.45, 7) is 2.41. The quantitative estimate of drug-likeness (QED) is 0.707. The SMILES string of the molecule is Cc1[nH]nc(CN)c1-c1coc2ccccc12. The zero-order valence-corrected chi connectivity index (χ0v) is 9.53. The zero-order chi connectivity index (χ0) is 11.8. The summed E-state index contributed by atoms with van der Waals surface area (Å²) in [7, 11) is 0. The number of hydrogen-bond acceptors (Lipinski definition) is 3. The molecule has 86 valence electrons. The van der Waals surface area contributed by atoms with Gasteiger partial charge in [0.15, 0.2) is 0 Å². The van der Waals surface area contributed by atoms with Crippen molar-refractivity contribution in [3.63, 3.8) is 0 Å². The van der Waals surface area contributed by atoms with Crippen LogP contribution in [0.2, 0.25) is 0 Å². The van der Waals surface area contributed by atoms with Crippen molar-refractivity contribution in [2.24, 2.45) is 5.73 Å². The van der Waals surface area contributed by atoms with Crippen LogP contribution in [-0.2, 0) is 6.54 Å². The number of nitrogens with zero attached hydrogens (tertiary/aromatic N) is 1. The Labute approximate surface area is 98.4 Å². The molecule has 0 unspecified atom stereocenters. The van der Waals surface area contributed by atoms with Gasteiger partial charge >= 0.3 is 0 Å². The van der Waals surface area contributed by atoms with E-state index in [0.717, 1.165) is 33.5 Å². The Kier molecular flexibility index (Phi) is 2.23. The molecule has 0 bridgehead atoms. The molecule has 0 aliphatic heterocycles. The predicted octanol–water partition coefficient (Wildman–Crippen LogP) is 2.59. The van der Waals surface area contributed by atoms with Crippen LogP contribution in [0.1, 0.15) is 11.4 Å². The molecule has 2 heterocycles. The number of para-hydroxylation sites is 1. The highest BCUT2D eigenvalue weighted by Gasteiger charge is 2.15. The Hall–Kier alpha value is -2.07. The second-order valence-corrected chi connectivity index (χ2v) is 4.02. The van der Waals surface area contributed by atoms with E-state index in [1.807, 2.05) is 31.2 Å². The van der Waals surface area contributed by atoms with E-state index in [1.54, 1.807) is 6.26 Å². The molecule has 0 saturated carbocycles. The highest BCUT2D eigenvalue weighted by molar-refractivity contribution is 5.95. The minimum Gasteiger partial charge on any atom is -0.464 e. The van der Waals surface area contributed by atoms with E-state index < -0.39 is 0 Å². The third kappa shape index (κ3) is 1.45. The molecule has 0 radical (unpaired) electrons. The van der Waals surface area contributed by atoms with Crippen molar-refractivity contribution < 1.29 is 4.42 Å². The Morgan fingerprint density at radius 1 is 1.35 bits per heavy atom. The van der Waals surface area contributed by atoms with Gasteiger partial charge in [-0.3, -0.25) is 5.10 Å². The van der Waals surface area contributed by atoms with Crippen LogP contribution in [0.5, 0.6) is 0 Å². The average molecular weight is 227 g/mol. The van der Waals surface area contributed by atoms with Gasteiger partial charge in [0, 0.05) is 28.8 Å². The van der Waals surface area contributed by atoms with Gasteiger partial charge in [-0.15, -0.1) is 0 Å². The lowest BCUT2D eigenvalue weighted by molar-refractivity contribution is 0.617. The number of aryl methyl sites for hydroxylation is 1. The molecule has 4 heteroatoms. The van der Waals surface area contributed by atoms with Crippen molar-refractivity contribution in [2.45, 2.75) is 13.5 Å². The summed E-state index contributed by atoms with van der Waals surface area (Å²) in [5, 5.41) is 8.26. The average Bonchev–Trinajstić information content (AvgIpc) is 2.92. The summed E-state index contributed by atoms with van der Waals surface area (Å²) in [6.07, 6.45) is 1.77. The summed E-state index contributed by atoms with van der Waals surface area (Å²) in [5.41, 5.74) is 10.6. The van der Waals surface area contributed by atoms with Crippen LogP contribution in [0.15, 0.2) is 34.9 Å². The molecule has 0 aliphatic carbocycles. The van der Waals surface area contributed by atoms with Gasteiger partial charge in [-0.2, -0.15) is 5.10 Å². The number of furan rings is 1. The first-order chi connectivity index (χ1) is 8.31. The van der Waals surface area contributed by atoms with Gasteiger partial charge in [0.05, 0.1) is 12.0 Å². The molecule has 17 heavy (non-hydrogen) atoms. The molecule has 2 aromatic heterocycles. The normalized spacial score (nSPS) is 11.2. The van der Waals surface area contributed by atoms with E-state index in [-0.39, 0.29) is 0 Å². The van der Waals surface area contributed by atoms with Crippen molar-refractivity contribution in [1.29, 1.82) is 0 Å². The van der Waals surface area contributed by atoms with E-state index in [1.165, 1.54) is 0 Å². The molecule has 3 aromatic rings. The topological polar surface area (TPSA) is 67.8 Å². The Morgan fingerprint density at radius 3 is 3.00 bits per heavy atom. The van der Waals surface area contributed by atoms with Crippen LogP contribution >= 0.6 is 0 Å². The van der Waals surface area contributed by atoms with Crippen molar-refractivity contribution in [3.8, 4) is 11.1 Å². The number of H-pyrrole nitrogens is 1. The predicted molar refractivity (Wildman–Crippen MR) is 66.4 cm³/mol. The molecule has 0 spiro atoms. The maximum Gasteiger partial charge on any atom is 0.134 e. The number of benzene rings is 1. The number of nitrogens with one attached hydrogen (secondary N) is 1. The molecule has 4 nitrogen and oxygen atoms in total. The third-order valence-electron chi connectivity index (χ3n) is 2.97. The second-order valence-electron chi connectivity index (χ2n) is 4.02. The lowest BCUT2D eigenvalue weighted by Crippen LogP contribution is -1.98. The molecule has 3 N–H and O–H groups in total. The van der Waals surface area contributed by atoms with Gasteiger partial charge < -0.3 is 10.2 Å². The van der Waals surface area contributed by atoms with Crippen LogP contribution in [0, 0.1) is 6.92 Å². The van der Waals surface area contributed by atoms with E-state index >= 15 is 0 Å². The van der Waals surface area contributed by atoms with Gasteiger partial charge in [0.2, 0.25) is 0 Å². The minimum atomic E-state index is 0.416. The number of rotatable bonds is 2. The molecule has 0 amide bonds. The molecular weight excluding hydrogens is 214 g/mol. The highest BCUT2D eigenvalue weighted by Crippen LogP contribution is 2.33. The third-order valence-corrected chi connectivity index (χ3v) is 2.97. The van der Waals surface area contributed by atoms with Crippen LogP contribution in [0.25, 0.3) is 22.1 Å². The number of nitrogens with two attached hydrogens (primary N) is 1. The van der Waals surface area contributed by atoms with Gasteiger partial charge in [-0.25, -0.2) is 0 Å². The number of aromatic amines is 1. The van der Waals surface area contributed by atoms with Gasteiger partial charge in [0.25, 0.3) is 0 Å². The number of aromatic nitrogens is 2. The van der Waals surface area contributed by atoms with Crippen molar-refractivity contribution in [1.82, 2.24) is 10.2 Å². The molecule has 1 aromatic carbocycles. The van der Waals surface area contributed by atoms with Gasteiger partial charge in [0.1, 0.15) is 5.58 Å². The van der Waals surface area contributed by atoms with E-state index in [4.69, 9.17) is 10.2 Å². The maximum absolute atomic E-state index is 5.70. The first-order valence-corrected chi connectivity index (χ1v) is 5.51. The maximum atomic E-state index is 5.70. The fourth-order valence-electron chi connectivity index (χ4n) is 2.16. The fraction of sp³-hybridized carbons (Fsp3) is 0.154. The van der Waals surface area contributed by atoms with Crippen molar-refractivity contribution in [2.75, 3.05) is 0 Å². The molecule has 0 saturated heterocycles. The first kappa shape index (κ1) is 10.1. The first-order valence-electron chi connectivity index (χ1n) is 5.51. The smallest absolute Gasteiger partial charge is 0.134 e. The largest absolute Gasteiger partial charge is 0.464 e. The van der Waals surface area contributed by atoms with E-state index in [0.29, 0.717) is 6.54 Å². The van der Waals surface area contributed by atoms with Crippen molar-refractivity contribution in [3.05, 3.63) is 41.9 Å². The van der Waals surface area contributed by atoms with Crippen LogP contribution in [0.4, 0.5) is 0 Å². The molecule has 0 fully saturated rings. The monoisotopic (exact) mass is 227 g/mol. The van der Waals surface area contributed by atoms with E-state index in [9.17, 15) is 0 Å². The summed E-state index contributed by atoms with van der Waals surface area (Å²) < 4.78 is 5.54. The number of fused-ring (bicyclic) bond motifs is 1. The van der Waals surface area contributed by atoms with Crippen LogP contribution in [0.3, 0.4) is 0 Å². The molecule has 0 aliphatic rings. The molecule has 0 atom stereocenters. The Bertz CT molecular complexity index is 666. The van der Waals surface area contributed by atoms with Gasteiger partial charge in [-0.05, 0) is 13.0 Å². The fourth-order valence-corrected chi connectivity index (χ4v) is 2.16. The Morgan fingerprint density at radius 2 is 2.18 bits per heavy atom.